The summed E-state index contributed by atoms with van der Waals surface area (Å²) < 4.78 is 0. The fourth-order valence-electron chi connectivity index (χ4n) is 2.58. The molecule has 0 aromatic heterocycles. The Bertz CT molecular complexity index is 141. The van der Waals surface area contributed by atoms with Crippen molar-refractivity contribution in [2.24, 2.45) is 23.7 Å². The minimum Gasteiger partial charge on any atom is -0.302 e. The molecule has 1 nitrogen and oxygen atoms in total. The largest absolute Gasteiger partial charge is 0.302 e. The highest BCUT2D eigenvalue weighted by Crippen LogP contribution is 2.51. The number of hydrogen-bond acceptors (Lipinski definition) is 1. The molecule has 2 fully saturated rings. The van der Waals surface area contributed by atoms with Crippen LogP contribution in [0, 0.1) is 23.7 Å². The van der Waals surface area contributed by atoms with Crippen molar-refractivity contribution in [3.8, 4) is 0 Å². The predicted octanol–water partition coefficient (Wildman–Crippen LogP) is 1.84. The van der Waals surface area contributed by atoms with Crippen molar-refractivity contribution >= 4 is 0 Å². The van der Waals surface area contributed by atoms with E-state index in [4.69, 9.17) is 0 Å². The van der Waals surface area contributed by atoms with Crippen molar-refractivity contribution < 1.29 is 0 Å². The fraction of sp³-hybridized carbons (Fsp3) is 1.00. The Kier molecular flexibility index (Phi) is 1.71. The van der Waals surface area contributed by atoms with Crippen molar-refractivity contribution in [3.63, 3.8) is 0 Å². The van der Waals surface area contributed by atoms with Gasteiger partial charge in [0.05, 0.1) is 0 Å². The summed E-state index contributed by atoms with van der Waals surface area (Å²) >= 11 is 0. The number of nitrogens with zero attached hydrogens (tertiary/aromatic N) is 1. The normalized spacial score (nSPS) is 43.1. The number of fused-ring (bicyclic) bond motifs is 1. The number of piperidine rings is 1. The quantitative estimate of drug-likeness (QED) is 0.585. The van der Waals surface area contributed by atoms with Crippen LogP contribution in [0.15, 0.2) is 0 Å². The van der Waals surface area contributed by atoms with E-state index in [9.17, 15) is 0 Å². The third-order valence-electron chi connectivity index (χ3n) is 3.32. The third-order valence-corrected chi connectivity index (χ3v) is 3.32. The molecule has 0 spiro atoms. The van der Waals surface area contributed by atoms with Crippen molar-refractivity contribution in [1.29, 1.82) is 0 Å². The summed E-state index contributed by atoms with van der Waals surface area (Å²) in [5.41, 5.74) is 0. The van der Waals surface area contributed by atoms with Gasteiger partial charge < -0.3 is 4.90 Å². The summed E-state index contributed by atoms with van der Waals surface area (Å²) in [6.07, 6.45) is 0. The van der Waals surface area contributed by atoms with Gasteiger partial charge in [0.25, 0.3) is 0 Å². The maximum absolute atomic E-state index is 2.64. The maximum atomic E-state index is 2.64. The van der Waals surface area contributed by atoms with Crippen LogP contribution < -0.4 is 0 Å². The molecule has 11 heavy (non-hydrogen) atoms. The second-order valence-corrected chi connectivity index (χ2v) is 4.80. The van der Waals surface area contributed by atoms with Gasteiger partial charge in [-0.15, -0.1) is 0 Å². The van der Waals surface area contributed by atoms with Gasteiger partial charge in [-0.05, 0) is 23.7 Å². The lowest BCUT2D eigenvalue weighted by atomic mass is 10.2. The molecule has 0 N–H and O–H groups in total. The Balaban J connectivity index is 1.77. The van der Waals surface area contributed by atoms with E-state index in [1.54, 1.807) is 0 Å². The Hall–Kier alpha value is -0.0400. The predicted molar refractivity (Wildman–Crippen MR) is 47.4 cm³/mol. The molecule has 64 valence electrons. The molecule has 0 aromatic carbocycles. The highest BCUT2D eigenvalue weighted by atomic mass is 15.2. The SMILES string of the molecule is CC(C)CN1CC2C(C)C2C1. The van der Waals surface area contributed by atoms with Gasteiger partial charge in [-0.3, -0.25) is 0 Å². The summed E-state index contributed by atoms with van der Waals surface area (Å²) in [6, 6.07) is 0. The van der Waals surface area contributed by atoms with E-state index >= 15 is 0 Å². The summed E-state index contributed by atoms with van der Waals surface area (Å²) in [4.78, 5) is 2.64. The molecule has 2 aliphatic rings. The van der Waals surface area contributed by atoms with Crippen LogP contribution in [-0.4, -0.2) is 24.5 Å². The zero-order chi connectivity index (χ0) is 8.01. The molecule has 1 saturated carbocycles. The average molecular weight is 153 g/mol. The summed E-state index contributed by atoms with van der Waals surface area (Å²) in [5.74, 6) is 4.06. The smallest absolute Gasteiger partial charge is 0.00158 e. The third kappa shape index (κ3) is 1.31. The van der Waals surface area contributed by atoms with Crippen molar-refractivity contribution in [3.05, 3.63) is 0 Å². The van der Waals surface area contributed by atoms with Gasteiger partial charge in [0.2, 0.25) is 0 Å². The number of hydrogen-bond donors (Lipinski definition) is 0. The number of rotatable bonds is 2. The van der Waals surface area contributed by atoms with Gasteiger partial charge in [0.15, 0.2) is 0 Å². The Morgan fingerprint density at radius 3 is 2.27 bits per heavy atom. The monoisotopic (exact) mass is 153 g/mol. The fourth-order valence-corrected chi connectivity index (χ4v) is 2.58. The molecular weight excluding hydrogens is 134 g/mol. The molecule has 0 radical (unpaired) electrons. The van der Waals surface area contributed by atoms with Gasteiger partial charge in [-0.1, -0.05) is 20.8 Å². The molecule has 1 heterocycles. The van der Waals surface area contributed by atoms with E-state index in [2.05, 4.69) is 25.7 Å². The lowest BCUT2D eigenvalue weighted by Crippen LogP contribution is -2.28. The minimum absolute atomic E-state index is 0.850. The van der Waals surface area contributed by atoms with Crippen LogP contribution in [0.1, 0.15) is 20.8 Å². The lowest BCUT2D eigenvalue weighted by Gasteiger charge is -2.20. The van der Waals surface area contributed by atoms with E-state index < -0.39 is 0 Å². The summed E-state index contributed by atoms with van der Waals surface area (Å²) in [6.45, 7) is 11.1. The summed E-state index contributed by atoms with van der Waals surface area (Å²) in [7, 11) is 0. The minimum atomic E-state index is 0.850. The molecule has 1 aliphatic heterocycles. The van der Waals surface area contributed by atoms with Crippen LogP contribution in [0.25, 0.3) is 0 Å². The lowest BCUT2D eigenvalue weighted by molar-refractivity contribution is 0.258. The molecule has 0 amide bonds. The molecule has 2 unspecified atom stereocenters. The van der Waals surface area contributed by atoms with Gasteiger partial charge in [0, 0.05) is 19.6 Å². The highest BCUT2D eigenvalue weighted by molar-refractivity contribution is 5.02. The van der Waals surface area contributed by atoms with E-state index in [-0.39, 0.29) is 0 Å². The Morgan fingerprint density at radius 1 is 1.27 bits per heavy atom. The van der Waals surface area contributed by atoms with Gasteiger partial charge in [-0.25, -0.2) is 0 Å². The molecular formula is C10H19N. The van der Waals surface area contributed by atoms with Gasteiger partial charge >= 0.3 is 0 Å². The van der Waals surface area contributed by atoms with Crippen molar-refractivity contribution in [2.75, 3.05) is 19.6 Å². The van der Waals surface area contributed by atoms with Crippen LogP contribution >= 0.6 is 0 Å². The van der Waals surface area contributed by atoms with Crippen LogP contribution in [0.5, 0.6) is 0 Å². The number of likely N-dealkylation sites (tertiary alicyclic amines) is 1. The standard InChI is InChI=1S/C10H19N/c1-7(2)4-11-5-9-8(3)10(9)6-11/h7-10H,4-6H2,1-3H3. The maximum Gasteiger partial charge on any atom is 0.00158 e. The summed E-state index contributed by atoms with van der Waals surface area (Å²) in [5, 5.41) is 0. The van der Waals surface area contributed by atoms with Crippen LogP contribution in [0.2, 0.25) is 0 Å². The molecule has 1 heteroatoms. The van der Waals surface area contributed by atoms with Gasteiger partial charge in [0.1, 0.15) is 0 Å². The van der Waals surface area contributed by atoms with Crippen molar-refractivity contribution in [2.45, 2.75) is 20.8 Å². The molecule has 0 bridgehead atoms. The average Bonchev–Trinajstić information content (AvgIpc) is 2.44. The Labute approximate surface area is 69.8 Å². The molecule has 0 aromatic rings. The second kappa shape index (κ2) is 2.48. The van der Waals surface area contributed by atoms with E-state index in [0.717, 1.165) is 23.7 Å². The van der Waals surface area contributed by atoms with Crippen LogP contribution in [0.3, 0.4) is 0 Å². The van der Waals surface area contributed by atoms with E-state index in [1.807, 2.05) is 0 Å². The molecule has 1 saturated heterocycles. The topological polar surface area (TPSA) is 3.24 Å². The first-order valence-electron chi connectivity index (χ1n) is 4.91. The van der Waals surface area contributed by atoms with Crippen LogP contribution in [0.4, 0.5) is 0 Å². The second-order valence-electron chi connectivity index (χ2n) is 4.80. The first kappa shape index (κ1) is 7.60. The highest BCUT2D eigenvalue weighted by Gasteiger charge is 2.52. The first-order valence-corrected chi connectivity index (χ1v) is 4.91. The molecule has 1 aliphatic carbocycles. The van der Waals surface area contributed by atoms with Crippen LogP contribution in [-0.2, 0) is 0 Å². The zero-order valence-corrected chi connectivity index (χ0v) is 7.88. The van der Waals surface area contributed by atoms with E-state index in [0.29, 0.717) is 0 Å². The van der Waals surface area contributed by atoms with E-state index in [1.165, 1.54) is 19.6 Å². The zero-order valence-electron chi connectivity index (χ0n) is 7.88. The molecule has 2 rings (SSSR count). The van der Waals surface area contributed by atoms with Gasteiger partial charge in [-0.2, -0.15) is 0 Å². The first-order chi connectivity index (χ1) is 5.18. The Morgan fingerprint density at radius 2 is 1.82 bits per heavy atom. The van der Waals surface area contributed by atoms with Crippen molar-refractivity contribution in [1.82, 2.24) is 4.90 Å². The molecule has 2 atom stereocenters.